The van der Waals surface area contributed by atoms with E-state index in [-0.39, 0.29) is 22.7 Å². The van der Waals surface area contributed by atoms with E-state index in [0.29, 0.717) is 5.11 Å². The summed E-state index contributed by atoms with van der Waals surface area (Å²) >= 11 is 9.09. The minimum atomic E-state index is -0.389. The first-order valence-corrected chi connectivity index (χ1v) is 12.7. The van der Waals surface area contributed by atoms with Crippen LogP contribution in [0, 0.1) is 17.0 Å². The van der Waals surface area contributed by atoms with Gasteiger partial charge in [0, 0.05) is 38.7 Å². The molecule has 0 saturated carbocycles. The molecule has 2 aromatic carbocycles. The molecule has 0 aliphatic carbocycles. The molecule has 34 heavy (non-hydrogen) atoms. The van der Waals surface area contributed by atoms with Crippen molar-refractivity contribution in [2.45, 2.75) is 28.8 Å². The van der Waals surface area contributed by atoms with E-state index < -0.39 is 0 Å². The molecule has 9 heteroatoms. The molecule has 1 aliphatic rings. The lowest BCUT2D eigenvalue weighted by atomic mass is 10.0. The Hall–Kier alpha value is -3.27. The summed E-state index contributed by atoms with van der Waals surface area (Å²) in [6.45, 7) is 2.13. The van der Waals surface area contributed by atoms with Gasteiger partial charge in [-0.05, 0) is 84.7 Å². The molecule has 0 radical (unpaired) electrons. The van der Waals surface area contributed by atoms with Crippen LogP contribution in [0.1, 0.15) is 28.2 Å². The topological polar surface area (TPSA) is 71.3 Å². The SMILES string of the molecule is Cc1ccsc1[C@@H]1[C@@H](c2ccccn2)NC(=S)N1c1ccc(Sc2ccc([N+](=O)[O-])cc2)cc1. The van der Waals surface area contributed by atoms with Gasteiger partial charge < -0.3 is 10.2 Å². The zero-order chi connectivity index (χ0) is 23.7. The van der Waals surface area contributed by atoms with Gasteiger partial charge in [0.25, 0.3) is 5.69 Å². The largest absolute Gasteiger partial charge is 0.351 e. The highest BCUT2D eigenvalue weighted by atomic mass is 32.2. The number of hydrogen-bond donors (Lipinski definition) is 1. The average Bonchev–Trinajstić information content (AvgIpc) is 3.42. The number of pyridine rings is 1. The van der Waals surface area contributed by atoms with Crippen molar-refractivity contribution in [2.75, 3.05) is 4.90 Å². The molecule has 1 N–H and O–H groups in total. The van der Waals surface area contributed by atoms with Crippen molar-refractivity contribution in [1.82, 2.24) is 10.3 Å². The number of aryl methyl sites for hydroxylation is 1. The van der Waals surface area contributed by atoms with E-state index in [2.05, 4.69) is 57.8 Å². The smallest absolute Gasteiger partial charge is 0.269 e. The third-order valence-electron chi connectivity index (χ3n) is 5.67. The lowest BCUT2D eigenvalue weighted by Gasteiger charge is -2.27. The van der Waals surface area contributed by atoms with Crippen LogP contribution in [-0.2, 0) is 0 Å². The van der Waals surface area contributed by atoms with Gasteiger partial charge in [-0.1, -0.05) is 17.8 Å². The van der Waals surface area contributed by atoms with E-state index in [1.54, 1.807) is 35.2 Å². The van der Waals surface area contributed by atoms with Crippen LogP contribution in [0.2, 0.25) is 0 Å². The van der Waals surface area contributed by atoms with Gasteiger partial charge in [0.2, 0.25) is 0 Å². The predicted molar refractivity (Wildman–Crippen MR) is 141 cm³/mol. The summed E-state index contributed by atoms with van der Waals surface area (Å²) in [6, 6.07) is 22.8. The number of rotatable bonds is 6. The van der Waals surface area contributed by atoms with Crippen LogP contribution in [0.3, 0.4) is 0 Å². The summed E-state index contributed by atoms with van der Waals surface area (Å²) in [5.74, 6) is 0. The summed E-state index contributed by atoms with van der Waals surface area (Å²) < 4.78 is 0. The number of anilines is 1. The molecule has 0 spiro atoms. The molecule has 1 saturated heterocycles. The Balaban J connectivity index is 1.44. The molecule has 0 amide bonds. The van der Waals surface area contributed by atoms with Gasteiger partial charge in [-0.3, -0.25) is 15.1 Å². The van der Waals surface area contributed by atoms with Gasteiger partial charge in [0.1, 0.15) is 0 Å². The normalized spacial score (nSPS) is 17.6. The van der Waals surface area contributed by atoms with E-state index in [4.69, 9.17) is 12.2 Å². The molecule has 0 unspecified atom stereocenters. The number of nitro benzene ring substituents is 1. The zero-order valence-electron chi connectivity index (χ0n) is 18.1. The van der Waals surface area contributed by atoms with E-state index in [1.807, 2.05) is 24.4 Å². The average molecular weight is 505 g/mol. The molecule has 2 atom stereocenters. The molecule has 2 aromatic heterocycles. The van der Waals surface area contributed by atoms with Crippen molar-refractivity contribution < 1.29 is 4.92 Å². The van der Waals surface area contributed by atoms with Gasteiger partial charge in [-0.15, -0.1) is 11.3 Å². The van der Waals surface area contributed by atoms with Gasteiger partial charge in [0.15, 0.2) is 5.11 Å². The van der Waals surface area contributed by atoms with Crippen molar-refractivity contribution in [3.05, 3.63) is 111 Å². The van der Waals surface area contributed by atoms with Crippen LogP contribution < -0.4 is 10.2 Å². The van der Waals surface area contributed by atoms with Crippen LogP contribution in [0.15, 0.2) is 94.2 Å². The molecule has 3 heterocycles. The molecule has 4 aromatic rings. The monoisotopic (exact) mass is 504 g/mol. The van der Waals surface area contributed by atoms with Crippen molar-refractivity contribution in [1.29, 1.82) is 0 Å². The fraction of sp³-hybridized carbons (Fsp3) is 0.120. The first kappa shape index (κ1) is 22.5. The predicted octanol–water partition coefficient (Wildman–Crippen LogP) is 6.69. The molecule has 5 rings (SSSR count). The van der Waals surface area contributed by atoms with Gasteiger partial charge in [-0.2, -0.15) is 0 Å². The number of nitrogens with one attached hydrogen (secondary N) is 1. The lowest BCUT2D eigenvalue weighted by molar-refractivity contribution is -0.384. The van der Waals surface area contributed by atoms with E-state index in [1.165, 1.54) is 22.6 Å². The Morgan fingerprint density at radius 1 is 1.06 bits per heavy atom. The number of non-ortho nitro benzene ring substituents is 1. The number of nitrogens with zero attached hydrogens (tertiary/aromatic N) is 3. The Bertz CT molecular complexity index is 1320. The summed E-state index contributed by atoms with van der Waals surface area (Å²) in [7, 11) is 0. The van der Waals surface area contributed by atoms with Crippen LogP contribution in [0.5, 0.6) is 0 Å². The van der Waals surface area contributed by atoms with Crippen molar-refractivity contribution in [3.63, 3.8) is 0 Å². The molecule has 0 bridgehead atoms. The number of hydrogen-bond acceptors (Lipinski definition) is 6. The summed E-state index contributed by atoms with van der Waals surface area (Å²) in [4.78, 5) is 20.5. The van der Waals surface area contributed by atoms with Crippen LogP contribution in [0.25, 0.3) is 0 Å². The number of thiophene rings is 1. The fourth-order valence-electron chi connectivity index (χ4n) is 4.03. The van der Waals surface area contributed by atoms with Gasteiger partial charge in [-0.25, -0.2) is 0 Å². The van der Waals surface area contributed by atoms with E-state index in [9.17, 15) is 10.1 Å². The number of benzene rings is 2. The quantitative estimate of drug-likeness (QED) is 0.178. The van der Waals surface area contributed by atoms with Crippen LogP contribution in [0.4, 0.5) is 11.4 Å². The highest BCUT2D eigenvalue weighted by Crippen LogP contribution is 2.44. The van der Waals surface area contributed by atoms with Gasteiger partial charge >= 0.3 is 0 Å². The van der Waals surface area contributed by atoms with E-state index in [0.717, 1.165) is 21.2 Å². The number of aromatic nitrogens is 1. The van der Waals surface area contributed by atoms with Crippen LogP contribution >= 0.6 is 35.3 Å². The van der Waals surface area contributed by atoms with Crippen molar-refractivity contribution in [3.8, 4) is 0 Å². The third kappa shape index (κ3) is 4.42. The van der Waals surface area contributed by atoms with Crippen molar-refractivity contribution >= 4 is 51.8 Å². The van der Waals surface area contributed by atoms with Gasteiger partial charge in [0.05, 0.1) is 22.7 Å². The number of thiocarbonyl (C=S) groups is 1. The Kier molecular flexibility index (Phi) is 6.32. The molecule has 1 aliphatic heterocycles. The highest BCUT2D eigenvalue weighted by molar-refractivity contribution is 7.99. The maximum Gasteiger partial charge on any atom is 0.269 e. The second-order valence-electron chi connectivity index (χ2n) is 7.81. The zero-order valence-corrected chi connectivity index (χ0v) is 20.6. The molecular formula is C25H20N4O2S3. The summed E-state index contributed by atoms with van der Waals surface area (Å²) in [6.07, 6.45) is 1.81. The summed E-state index contributed by atoms with van der Waals surface area (Å²) in [5, 5.41) is 17.2. The maximum atomic E-state index is 10.9. The Morgan fingerprint density at radius 2 is 1.76 bits per heavy atom. The standard InChI is InChI=1S/C25H20N4O2S3/c1-16-13-15-33-24(16)23-22(21-4-2-3-14-26-21)27-25(32)28(23)17-5-9-19(10-6-17)34-20-11-7-18(8-12-20)29(30)31/h2-15,22-23H,1H3,(H,27,32)/t22-,23+/m1/s1. The summed E-state index contributed by atoms with van der Waals surface area (Å²) in [5.41, 5.74) is 3.28. The Morgan fingerprint density at radius 3 is 2.35 bits per heavy atom. The third-order valence-corrected chi connectivity index (χ3v) is 8.09. The molecular weight excluding hydrogens is 485 g/mol. The number of nitro groups is 1. The molecule has 6 nitrogen and oxygen atoms in total. The van der Waals surface area contributed by atoms with Crippen LogP contribution in [-0.4, -0.2) is 15.0 Å². The highest BCUT2D eigenvalue weighted by Gasteiger charge is 2.41. The first-order chi connectivity index (χ1) is 16.5. The first-order valence-electron chi connectivity index (χ1n) is 10.6. The van der Waals surface area contributed by atoms with Crippen molar-refractivity contribution in [2.24, 2.45) is 0 Å². The molecule has 1 fully saturated rings. The molecule has 170 valence electrons. The maximum absolute atomic E-state index is 10.9. The second-order valence-corrected chi connectivity index (χ2v) is 10.3. The Labute approximate surface area is 210 Å². The fourth-order valence-corrected chi connectivity index (χ4v) is 6.25. The lowest BCUT2D eigenvalue weighted by Crippen LogP contribution is -2.29. The second kappa shape index (κ2) is 9.54. The van der Waals surface area contributed by atoms with E-state index >= 15 is 0 Å². The minimum absolute atomic E-state index is 0.00410. The minimum Gasteiger partial charge on any atom is -0.351 e.